The summed E-state index contributed by atoms with van der Waals surface area (Å²) in [5.41, 5.74) is 0.687. The lowest BCUT2D eigenvalue weighted by Crippen LogP contribution is -2.23. The van der Waals surface area contributed by atoms with Crippen LogP contribution in [0.1, 0.15) is 20.8 Å². The van der Waals surface area contributed by atoms with Crippen LogP contribution >= 0.6 is 22.9 Å². The highest BCUT2D eigenvalue weighted by Gasteiger charge is 2.12. The smallest absolute Gasteiger partial charge is 0.254 e. The van der Waals surface area contributed by atoms with Crippen molar-refractivity contribution in [3.05, 3.63) is 56.5 Å². The van der Waals surface area contributed by atoms with Crippen molar-refractivity contribution in [2.75, 3.05) is 6.61 Å². The van der Waals surface area contributed by atoms with E-state index in [1.54, 1.807) is 0 Å². The summed E-state index contributed by atoms with van der Waals surface area (Å²) in [6.07, 6.45) is 0. The van der Waals surface area contributed by atoms with Crippen LogP contribution in [-0.4, -0.2) is 17.6 Å². The van der Waals surface area contributed by atoms with Gasteiger partial charge < -0.3 is 10.4 Å². The predicted molar refractivity (Wildman–Crippen MR) is 80.9 cm³/mol. The van der Waals surface area contributed by atoms with Crippen molar-refractivity contribution in [3.63, 3.8) is 0 Å². The van der Waals surface area contributed by atoms with Crippen molar-refractivity contribution in [2.45, 2.75) is 6.54 Å². The molecule has 2 N–H and O–H groups in total. The summed E-state index contributed by atoms with van der Waals surface area (Å²) in [5.74, 6) is 4.18. The number of halogens is 2. The van der Waals surface area contributed by atoms with Crippen molar-refractivity contribution in [2.24, 2.45) is 0 Å². The number of thiophene rings is 1. The number of hydrogen-bond donors (Lipinski definition) is 2. The second kappa shape index (κ2) is 7.23. The fraction of sp³-hybridized carbons (Fsp3) is 0.133. The van der Waals surface area contributed by atoms with Gasteiger partial charge in [0.25, 0.3) is 5.91 Å². The Morgan fingerprint density at radius 3 is 3.00 bits per heavy atom. The monoisotopic (exact) mass is 323 g/mol. The van der Waals surface area contributed by atoms with Crippen molar-refractivity contribution >= 4 is 28.8 Å². The molecule has 0 radical (unpaired) electrons. The molecule has 21 heavy (non-hydrogen) atoms. The van der Waals surface area contributed by atoms with Crippen LogP contribution in [0.4, 0.5) is 4.39 Å². The fourth-order valence-electron chi connectivity index (χ4n) is 1.61. The van der Waals surface area contributed by atoms with Crippen LogP contribution in [0.25, 0.3) is 0 Å². The molecule has 3 nitrogen and oxygen atoms in total. The summed E-state index contributed by atoms with van der Waals surface area (Å²) >= 11 is 7.18. The molecule has 1 amide bonds. The highest BCUT2D eigenvalue weighted by molar-refractivity contribution is 7.10. The van der Waals surface area contributed by atoms with Crippen molar-refractivity contribution in [3.8, 4) is 11.8 Å². The third-order valence-electron chi connectivity index (χ3n) is 2.56. The van der Waals surface area contributed by atoms with Crippen LogP contribution < -0.4 is 5.32 Å². The molecule has 0 saturated heterocycles. The van der Waals surface area contributed by atoms with Crippen LogP contribution in [0.5, 0.6) is 0 Å². The quantitative estimate of drug-likeness (QED) is 0.853. The molecular weight excluding hydrogens is 313 g/mol. The lowest BCUT2D eigenvalue weighted by Gasteiger charge is -2.05. The SMILES string of the molecule is O=C(NCc1cc(C#CCO)cs1)c1cc(Cl)ccc1F. The number of amides is 1. The molecule has 1 aromatic heterocycles. The molecule has 6 heteroatoms. The molecule has 2 rings (SSSR count). The van der Waals surface area contributed by atoms with Gasteiger partial charge in [0.15, 0.2) is 0 Å². The van der Waals surface area contributed by atoms with E-state index in [4.69, 9.17) is 16.7 Å². The van der Waals surface area contributed by atoms with Gasteiger partial charge in [-0.15, -0.1) is 11.3 Å². The maximum atomic E-state index is 13.5. The molecule has 2 aromatic rings. The molecule has 0 unspecified atom stereocenters. The van der Waals surface area contributed by atoms with Crippen LogP contribution in [0.2, 0.25) is 5.02 Å². The van der Waals surface area contributed by atoms with E-state index in [9.17, 15) is 9.18 Å². The number of aliphatic hydroxyl groups is 1. The third kappa shape index (κ3) is 4.30. The number of carbonyl (C=O) groups excluding carboxylic acids is 1. The Hall–Kier alpha value is -1.87. The minimum Gasteiger partial charge on any atom is -0.384 e. The van der Waals surface area contributed by atoms with E-state index in [-0.39, 0.29) is 18.7 Å². The van der Waals surface area contributed by atoms with Gasteiger partial charge >= 0.3 is 0 Å². The van der Waals surface area contributed by atoms with E-state index in [1.807, 2.05) is 11.4 Å². The summed E-state index contributed by atoms with van der Waals surface area (Å²) in [7, 11) is 0. The molecule has 0 aliphatic rings. The zero-order valence-corrected chi connectivity index (χ0v) is 12.4. The Balaban J connectivity index is 2.01. The van der Waals surface area contributed by atoms with Gasteiger partial charge in [-0.1, -0.05) is 23.4 Å². The van der Waals surface area contributed by atoms with E-state index < -0.39 is 11.7 Å². The van der Waals surface area contributed by atoms with Gasteiger partial charge in [-0.05, 0) is 24.3 Å². The molecule has 1 aromatic carbocycles. The maximum absolute atomic E-state index is 13.5. The number of nitrogens with one attached hydrogen (secondary N) is 1. The Bertz CT molecular complexity index is 718. The average Bonchev–Trinajstić information content (AvgIpc) is 2.93. The number of aliphatic hydroxyl groups excluding tert-OH is 1. The Labute approximate surface area is 130 Å². The fourth-order valence-corrected chi connectivity index (χ4v) is 2.54. The van der Waals surface area contributed by atoms with E-state index in [0.29, 0.717) is 5.02 Å². The van der Waals surface area contributed by atoms with Gasteiger partial charge in [0.2, 0.25) is 0 Å². The van der Waals surface area contributed by atoms with E-state index >= 15 is 0 Å². The first-order valence-electron chi connectivity index (χ1n) is 6.00. The Morgan fingerprint density at radius 1 is 1.43 bits per heavy atom. The molecule has 0 fully saturated rings. The average molecular weight is 324 g/mol. The van der Waals surface area contributed by atoms with Crippen molar-refractivity contribution < 1.29 is 14.3 Å². The van der Waals surface area contributed by atoms with Gasteiger partial charge in [-0.3, -0.25) is 4.79 Å². The summed E-state index contributed by atoms with van der Waals surface area (Å²) in [6.45, 7) is 0.0756. The Morgan fingerprint density at radius 2 is 2.24 bits per heavy atom. The first-order chi connectivity index (χ1) is 10.1. The highest BCUT2D eigenvalue weighted by atomic mass is 35.5. The summed E-state index contributed by atoms with van der Waals surface area (Å²) in [4.78, 5) is 12.8. The largest absolute Gasteiger partial charge is 0.384 e. The minimum atomic E-state index is -0.613. The highest BCUT2D eigenvalue weighted by Crippen LogP contribution is 2.16. The number of carbonyl (C=O) groups is 1. The Kier molecular flexibility index (Phi) is 5.34. The van der Waals surface area contributed by atoms with E-state index in [0.717, 1.165) is 16.5 Å². The summed E-state index contributed by atoms with van der Waals surface area (Å²) < 4.78 is 13.5. The van der Waals surface area contributed by atoms with Crippen LogP contribution in [0.3, 0.4) is 0 Å². The first-order valence-corrected chi connectivity index (χ1v) is 7.26. The van der Waals surface area contributed by atoms with Crippen LogP contribution in [0.15, 0.2) is 29.6 Å². The topological polar surface area (TPSA) is 49.3 Å². The summed E-state index contributed by atoms with van der Waals surface area (Å²) in [6, 6.07) is 5.64. The van der Waals surface area contributed by atoms with Gasteiger partial charge in [0.1, 0.15) is 12.4 Å². The molecule has 0 aliphatic carbocycles. The van der Waals surface area contributed by atoms with Gasteiger partial charge in [0, 0.05) is 20.8 Å². The van der Waals surface area contributed by atoms with Crippen LogP contribution in [0, 0.1) is 17.7 Å². The number of hydrogen-bond acceptors (Lipinski definition) is 3. The molecule has 0 atom stereocenters. The molecule has 1 heterocycles. The van der Waals surface area contributed by atoms with Gasteiger partial charge in [-0.2, -0.15) is 0 Å². The molecule has 0 spiro atoms. The second-order valence-corrected chi connectivity index (χ2v) is 5.50. The lowest BCUT2D eigenvalue weighted by atomic mass is 10.2. The summed E-state index contributed by atoms with van der Waals surface area (Å²) in [5, 5.41) is 13.4. The standard InChI is InChI=1S/C15H11ClFNO2S/c16-11-3-4-14(17)13(7-11)15(20)18-8-12-6-10(9-21-12)2-1-5-19/h3-4,6-7,9,19H,5,8H2,(H,18,20). The van der Waals surface area contributed by atoms with Crippen molar-refractivity contribution in [1.82, 2.24) is 5.32 Å². The normalized spacial score (nSPS) is 9.86. The molecule has 0 saturated carbocycles. The third-order valence-corrected chi connectivity index (χ3v) is 3.73. The number of rotatable bonds is 3. The molecule has 0 bridgehead atoms. The van der Waals surface area contributed by atoms with E-state index in [1.165, 1.54) is 23.5 Å². The molecule has 108 valence electrons. The van der Waals surface area contributed by atoms with E-state index in [2.05, 4.69) is 17.2 Å². The van der Waals surface area contributed by atoms with Gasteiger partial charge in [0.05, 0.1) is 12.1 Å². The minimum absolute atomic E-state index is 0.0839. The zero-order chi connectivity index (χ0) is 15.2. The van der Waals surface area contributed by atoms with Gasteiger partial charge in [-0.25, -0.2) is 4.39 Å². The number of benzene rings is 1. The lowest BCUT2D eigenvalue weighted by molar-refractivity contribution is 0.0947. The zero-order valence-electron chi connectivity index (χ0n) is 10.8. The predicted octanol–water partition coefficient (Wildman–Crippen LogP) is 2.81. The maximum Gasteiger partial charge on any atom is 0.254 e. The first kappa shape index (κ1) is 15.5. The van der Waals surface area contributed by atoms with Crippen molar-refractivity contribution in [1.29, 1.82) is 0 Å². The second-order valence-electron chi connectivity index (χ2n) is 4.07. The van der Waals surface area contributed by atoms with Crippen LogP contribution in [-0.2, 0) is 6.54 Å². The molecule has 0 aliphatic heterocycles. The molecular formula is C15H11ClFNO2S.